The Labute approximate surface area is 106 Å². The maximum absolute atomic E-state index is 3.41. The molecular weight excluding hydrogens is 226 g/mol. The van der Waals surface area contributed by atoms with Gasteiger partial charge in [0, 0.05) is 10.9 Å². The Morgan fingerprint density at radius 3 is 2.94 bits per heavy atom. The fraction of sp³-hybridized carbons (Fsp3) is 0.333. The van der Waals surface area contributed by atoms with Crippen molar-refractivity contribution in [3.63, 3.8) is 0 Å². The van der Waals surface area contributed by atoms with Gasteiger partial charge in [-0.2, -0.15) is 0 Å². The monoisotopic (exact) mass is 243 g/mol. The molecule has 1 aromatic heterocycles. The minimum Gasteiger partial charge on any atom is -0.313 e. The van der Waals surface area contributed by atoms with E-state index in [2.05, 4.69) is 48.9 Å². The van der Waals surface area contributed by atoms with Crippen molar-refractivity contribution in [2.45, 2.75) is 25.8 Å². The zero-order chi connectivity index (χ0) is 11.8. The first-order valence-electron chi connectivity index (χ1n) is 6.14. The average molecular weight is 243 g/mol. The lowest BCUT2D eigenvalue weighted by Crippen LogP contribution is -2.12. The highest BCUT2D eigenvalue weighted by molar-refractivity contribution is 7.10. The number of rotatable bonds is 2. The van der Waals surface area contributed by atoms with E-state index in [1.165, 1.54) is 34.4 Å². The molecule has 0 saturated carbocycles. The number of aryl methyl sites for hydroxylation is 1. The van der Waals surface area contributed by atoms with Crippen molar-refractivity contribution >= 4 is 11.3 Å². The molecule has 1 atom stereocenters. The Kier molecular flexibility index (Phi) is 2.77. The highest BCUT2D eigenvalue weighted by atomic mass is 32.1. The molecule has 0 radical (unpaired) electrons. The summed E-state index contributed by atoms with van der Waals surface area (Å²) in [5.74, 6) is 0. The van der Waals surface area contributed by atoms with Crippen molar-refractivity contribution in [1.82, 2.24) is 5.32 Å². The SMILES string of the molecule is CNC1CCc2c(-c3csc(C)c3)cccc21. The zero-order valence-corrected chi connectivity index (χ0v) is 11.1. The molecule has 17 heavy (non-hydrogen) atoms. The van der Waals surface area contributed by atoms with Crippen LogP contribution in [0.1, 0.15) is 28.5 Å². The van der Waals surface area contributed by atoms with Gasteiger partial charge < -0.3 is 5.32 Å². The number of hydrogen-bond acceptors (Lipinski definition) is 2. The Morgan fingerprint density at radius 1 is 1.35 bits per heavy atom. The van der Waals surface area contributed by atoms with Gasteiger partial charge in [0.2, 0.25) is 0 Å². The van der Waals surface area contributed by atoms with Crippen LogP contribution in [-0.4, -0.2) is 7.05 Å². The van der Waals surface area contributed by atoms with Gasteiger partial charge in [-0.1, -0.05) is 18.2 Å². The van der Waals surface area contributed by atoms with Gasteiger partial charge in [-0.25, -0.2) is 0 Å². The van der Waals surface area contributed by atoms with Crippen molar-refractivity contribution in [3.05, 3.63) is 45.6 Å². The molecule has 2 heteroatoms. The van der Waals surface area contributed by atoms with Crippen LogP contribution >= 0.6 is 11.3 Å². The Hall–Kier alpha value is -1.12. The molecule has 0 saturated heterocycles. The molecule has 2 aromatic rings. The van der Waals surface area contributed by atoms with E-state index < -0.39 is 0 Å². The zero-order valence-electron chi connectivity index (χ0n) is 10.3. The van der Waals surface area contributed by atoms with Gasteiger partial charge in [-0.05, 0) is 60.5 Å². The molecule has 1 N–H and O–H groups in total. The molecule has 0 bridgehead atoms. The van der Waals surface area contributed by atoms with Crippen LogP contribution in [0.2, 0.25) is 0 Å². The lowest BCUT2D eigenvalue weighted by atomic mass is 9.98. The van der Waals surface area contributed by atoms with Crippen molar-refractivity contribution in [3.8, 4) is 11.1 Å². The third kappa shape index (κ3) is 1.81. The first-order valence-corrected chi connectivity index (χ1v) is 7.02. The summed E-state index contributed by atoms with van der Waals surface area (Å²) in [6.07, 6.45) is 2.43. The number of fused-ring (bicyclic) bond motifs is 1. The highest BCUT2D eigenvalue weighted by Gasteiger charge is 2.23. The summed E-state index contributed by atoms with van der Waals surface area (Å²) in [7, 11) is 2.06. The van der Waals surface area contributed by atoms with Crippen LogP contribution in [0.5, 0.6) is 0 Å². The number of nitrogens with one attached hydrogen (secondary N) is 1. The second kappa shape index (κ2) is 4.28. The summed E-state index contributed by atoms with van der Waals surface area (Å²) < 4.78 is 0. The smallest absolute Gasteiger partial charge is 0.0323 e. The van der Waals surface area contributed by atoms with E-state index in [1.807, 2.05) is 11.3 Å². The second-order valence-electron chi connectivity index (χ2n) is 4.70. The van der Waals surface area contributed by atoms with E-state index in [4.69, 9.17) is 0 Å². The predicted molar refractivity (Wildman–Crippen MR) is 74.6 cm³/mol. The molecule has 1 unspecified atom stereocenters. The molecule has 0 spiro atoms. The summed E-state index contributed by atoms with van der Waals surface area (Å²) >= 11 is 1.84. The largest absolute Gasteiger partial charge is 0.313 e. The van der Waals surface area contributed by atoms with Gasteiger partial charge in [0.15, 0.2) is 0 Å². The van der Waals surface area contributed by atoms with E-state index in [0.717, 1.165) is 0 Å². The fourth-order valence-electron chi connectivity index (χ4n) is 2.81. The van der Waals surface area contributed by atoms with Gasteiger partial charge in [-0.3, -0.25) is 0 Å². The maximum Gasteiger partial charge on any atom is 0.0323 e. The Balaban J connectivity index is 2.11. The van der Waals surface area contributed by atoms with Crippen LogP contribution in [0, 0.1) is 6.92 Å². The van der Waals surface area contributed by atoms with Crippen LogP contribution in [-0.2, 0) is 6.42 Å². The van der Waals surface area contributed by atoms with Crippen LogP contribution in [0.25, 0.3) is 11.1 Å². The summed E-state index contributed by atoms with van der Waals surface area (Å²) in [6, 6.07) is 9.57. The van der Waals surface area contributed by atoms with Crippen molar-refractivity contribution < 1.29 is 0 Å². The maximum atomic E-state index is 3.41. The standard InChI is InChI=1S/C15H17NS/c1-10-8-11(9-17-10)12-4-3-5-14-13(12)6-7-15(14)16-2/h3-5,8-9,15-16H,6-7H2,1-2H3. The van der Waals surface area contributed by atoms with Crippen molar-refractivity contribution in [2.24, 2.45) is 0 Å². The van der Waals surface area contributed by atoms with Gasteiger partial charge in [0.05, 0.1) is 0 Å². The second-order valence-corrected chi connectivity index (χ2v) is 5.81. The molecule has 0 aliphatic heterocycles. The minimum absolute atomic E-state index is 0.546. The van der Waals surface area contributed by atoms with Crippen LogP contribution in [0.4, 0.5) is 0 Å². The summed E-state index contributed by atoms with van der Waals surface area (Å²) in [5.41, 5.74) is 5.87. The summed E-state index contributed by atoms with van der Waals surface area (Å²) in [6.45, 7) is 2.17. The molecule has 0 fully saturated rings. The highest BCUT2D eigenvalue weighted by Crippen LogP contribution is 2.38. The Bertz CT molecular complexity index is 542. The van der Waals surface area contributed by atoms with Gasteiger partial charge in [0.25, 0.3) is 0 Å². The lowest BCUT2D eigenvalue weighted by Gasteiger charge is -2.11. The molecule has 88 valence electrons. The molecule has 1 nitrogen and oxygen atoms in total. The number of thiophene rings is 1. The molecule has 1 aliphatic rings. The van der Waals surface area contributed by atoms with Gasteiger partial charge >= 0.3 is 0 Å². The van der Waals surface area contributed by atoms with Gasteiger partial charge in [-0.15, -0.1) is 11.3 Å². The molecule has 1 aromatic carbocycles. The molecular formula is C15H17NS. The quantitative estimate of drug-likeness (QED) is 0.842. The van der Waals surface area contributed by atoms with Crippen LogP contribution < -0.4 is 5.32 Å². The van der Waals surface area contributed by atoms with Crippen molar-refractivity contribution in [2.75, 3.05) is 7.05 Å². The third-order valence-electron chi connectivity index (χ3n) is 3.66. The Morgan fingerprint density at radius 2 is 2.24 bits per heavy atom. The van der Waals surface area contributed by atoms with Crippen LogP contribution in [0.15, 0.2) is 29.6 Å². The molecule has 1 heterocycles. The van der Waals surface area contributed by atoms with Gasteiger partial charge in [0.1, 0.15) is 0 Å². The fourth-order valence-corrected chi connectivity index (χ4v) is 3.51. The molecule has 0 amide bonds. The van der Waals surface area contributed by atoms with E-state index in [9.17, 15) is 0 Å². The lowest BCUT2D eigenvalue weighted by molar-refractivity contribution is 0.590. The first kappa shape index (κ1) is 11.0. The number of benzene rings is 1. The normalized spacial score (nSPS) is 18.4. The van der Waals surface area contributed by atoms with E-state index in [-0.39, 0.29) is 0 Å². The van der Waals surface area contributed by atoms with E-state index >= 15 is 0 Å². The third-order valence-corrected chi connectivity index (χ3v) is 4.52. The van der Waals surface area contributed by atoms with Crippen LogP contribution in [0.3, 0.4) is 0 Å². The predicted octanol–water partition coefficient (Wildman–Crippen LogP) is 3.93. The number of hydrogen-bond donors (Lipinski definition) is 1. The topological polar surface area (TPSA) is 12.0 Å². The first-order chi connectivity index (χ1) is 8.29. The molecule has 3 rings (SSSR count). The average Bonchev–Trinajstić information content (AvgIpc) is 2.94. The van der Waals surface area contributed by atoms with E-state index in [1.54, 1.807) is 5.56 Å². The molecule has 1 aliphatic carbocycles. The van der Waals surface area contributed by atoms with Crippen molar-refractivity contribution in [1.29, 1.82) is 0 Å². The minimum atomic E-state index is 0.546. The van der Waals surface area contributed by atoms with E-state index in [0.29, 0.717) is 6.04 Å². The summed E-state index contributed by atoms with van der Waals surface area (Å²) in [5, 5.41) is 5.68. The summed E-state index contributed by atoms with van der Waals surface area (Å²) in [4.78, 5) is 1.39.